The number of aryl methyl sites for hydroxylation is 1. The fourth-order valence-corrected chi connectivity index (χ4v) is 5.22. The van der Waals surface area contributed by atoms with Crippen LogP contribution in [0.3, 0.4) is 0 Å². The van der Waals surface area contributed by atoms with Gasteiger partial charge < -0.3 is 15.0 Å². The maximum atomic E-state index is 13.1. The number of benzene rings is 3. The van der Waals surface area contributed by atoms with Gasteiger partial charge in [0.15, 0.2) is 17.6 Å². The first-order valence-electron chi connectivity index (χ1n) is 12.2. The molecule has 1 N–H and O–H groups in total. The van der Waals surface area contributed by atoms with Crippen molar-refractivity contribution in [3.63, 3.8) is 0 Å². The molecule has 0 saturated heterocycles. The van der Waals surface area contributed by atoms with Crippen molar-refractivity contribution in [2.75, 3.05) is 23.8 Å². The van der Waals surface area contributed by atoms with Gasteiger partial charge in [0.05, 0.1) is 12.3 Å². The zero-order valence-corrected chi connectivity index (χ0v) is 22.3. The van der Waals surface area contributed by atoms with E-state index in [1.807, 2.05) is 58.9 Å². The van der Waals surface area contributed by atoms with Crippen LogP contribution in [0.4, 0.5) is 5.69 Å². The van der Waals surface area contributed by atoms with Crippen LogP contribution in [0.5, 0.6) is 5.75 Å². The number of amides is 2. The molecule has 0 radical (unpaired) electrons. The van der Waals surface area contributed by atoms with Gasteiger partial charge in [-0.15, -0.1) is 10.2 Å². The Morgan fingerprint density at radius 1 is 1.05 bits per heavy atom. The summed E-state index contributed by atoms with van der Waals surface area (Å²) in [5.41, 5.74) is 4.09. The van der Waals surface area contributed by atoms with E-state index in [0.29, 0.717) is 28.3 Å². The number of hydrogen-bond acceptors (Lipinski definition) is 6. The van der Waals surface area contributed by atoms with Gasteiger partial charge in [-0.3, -0.25) is 14.2 Å². The zero-order valence-electron chi connectivity index (χ0n) is 20.8. The van der Waals surface area contributed by atoms with Crippen LogP contribution in [0, 0.1) is 6.92 Å². The summed E-state index contributed by atoms with van der Waals surface area (Å²) in [6.45, 7) is 2.69. The largest absolute Gasteiger partial charge is 0.484 e. The lowest BCUT2D eigenvalue weighted by Gasteiger charge is -2.17. The predicted molar refractivity (Wildman–Crippen MR) is 148 cm³/mol. The number of carbonyl (C=O) groups excluding carboxylic acids is 2. The Bertz CT molecular complexity index is 1460. The van der Waals surface area contributed by atoms with Gasteiger partial charge in [0.25, 0.3) is 5.91 Å². The van der Waals surface area contributed by atoms with E-state index in [1.54, 1.807) is 24.3 Å². The molecule has 0 saturated carbocycles. The molecule has 5 rings (SSSR count). The van der Waals surface area contributed by atoms with Crippen molar-refractivity contribution in [3.8, 4) is 11.4 Å². The molecule has 3 aromatic carbocycles. The molecule has 8 nitrogen and oxygen atoms in total. The number of hydrogen-bond donors (Lipinski definition) is 1. The van der Waals surface area contributed by atoms with Gasteiger partial charge in [0, 0.05) is 22.9 Å². The Morgan fingerprint density at radius 2 is 1.87 bits per heavy atom. The van der Waals surface area contributed by atoms with Crippen molar-refractivity contribution in [2.45, 2.75) is 25.0 Å². The third kappa shape index (κ3) is 6.00. The molecule has 10 heteroatoms. The number of rotatable bonds is 9. The second-order valence-electron chi connectivity index (χ2n) is 8.81. The fraction of sp³-hybridized carbons (Fsp3) is 0.214. The van der Waals surface area contributed by atoms with Crippen LogP contribution in [0.15, 0.2) is 78.0 Å². The summed E-state index contributed by atoms with van der Waals surface area (Å²) in [6, 6.07) is 22.7. The second-order valence-corrected chi connectivity index (χ2v) is 10.2. The van der Waals surface area contributed by atoms with E-state index in [1.165, 1.54) is 17.3 Å². The first kappa shape index (κ1) is 25.8. The lowest BCUT2D eigenvalue weighted by atomic mass is 10.2. The molecule has 194 valence electrons. The number of fused-ring (bicyclic) bond motifs is 1. The molecule has 4 aromatic rings. The van der Waals surface area contributed by atoms with Crippen LogP contribution in [0.1, 0.15) is 17.0 Å². The zero-order chi connectivity index (χ0) is 26.5. The van der Waals surface area contributed by atoms with E-state index in [9.17, 15) is 9.59 Å². The van der Waals surface area contributed by atoms with Gasteiger partial charge in [0.2, 0.25) is 5.91 Å². The van der Waals surface area contributed by atoms with Crippen LogP contribution in [-0.2, 0) is 22.6 Å². The standard InChI is InChI=1S/C28H26ClN5O3S/c1-19-5-4-7-22(15-19)34-25(16-30-26(35)17-37-23-11-9-21(29)10-12-23)31-32-28(34)38-18-27(36)33-14-13-20-6-2-3-8-24(20)33/h2-12,15H,13-14,16-18H2,1H3,(H,30,35). The van der Waals surface area contributed by atoms with Crippen LogP contribution < -0.4 is 15.0 Å². The second kappa shape index (κ2) is 11.7. The monoisotopic (exact) mass is 547 g/mol. The number of para-hydroxylation sites is 1. The van der Waals surface area contributed by atoms with Crippen LogP contribution in [0.2, 0.25) is 5.02 Å². The minimum Gasteiger partial charge on any atom is -0.484 e. The molecule has 0 bridgehead atoms. The maximum absolute atomic E-state index is 13.1. The number of nitrogens with zero attached hydrogens (tertiary/aromatic N) is 4. The minimum absolute atomic E-state index is 0.0212. The SMILES string of the molecule is Cc1cccc(-n2c(CNC(=O)COc3ccc(Cl)cc3)nnc2SCC(=O)N2CCc3ccccc32)c1. The Hall–Kier alpha value is -3.82. The molecule has 0 fully saturated rings. The van der Waals surface area contributed by atoms with E-state index < -0.39 is 0 Å². The third-order valence-electron chi connectivity index (χ3n) is 6.10. The first-order valence-corrected chi connectivity index (χ1v) is 13.5. The van der Waals surface area contributed by atoms with Crippen molar-refractivity contribution < 1.29 is 14.3 Å². The average molecular weight is 548 g/mol. The molecular formula is C28H26ClN5O3S. The molecule has 0 atom stereocenters. The van der Waals surface area contributed by atoms with E-state index in [-0.39, 0.29) is 30.7 Å². The Balaban J connectivity index is 1.27. The normalized spacial score (nSPS) is 12.3. The van der Waals surface area contributed by atoms with Crippen LogP contribution in [-0.4, -0.2) is 45.5 Å². The van der Waals surface area contributed by atoms with Gasteiger partial charge >= 0.3 is 0 Å². The van der Waals surface area contributed by atoms with Crippen molar-refractivity contribution >= 4 is 40.9 Å². The van der Waals surface area contributed by atoms with Crippen molar-refractivity contribution in [1.82, 2.24) is 20.1 Å². The Kier molecular flexibility index (Phi) is 7.95. The highest BCUT2D eigenvalue weighted by molar-refractivity contribution is 7.99. The number of nitrogens with one attached hydrogen (secondary N) is 1. The highest BCUT2D eigenvalue weighted by atomic mass is 35.5. The predicted octanol–water partition coefficient (Wildman–Crippen LogP) is 4.61. The number of halogens is 1. The number of carbonyl (C=O) groups is 2. The molecule has 0 spiro atoms. The number of thioether (sulfide) groups is 1. The third-order valence-corrected chi connectivity index (χ3v) is 7.27. The summed E-state index contributed by atoms with van der Waals surface area (Å²) in [7, 11) is 0. The highest BCUT2D eigenvalue weighted by Gasteiger charge is 2.25. The molecule has 1 aliphatic heterocycles. The molecule has 0 unspecified atom stereocenters. The lowest BCUT2D eigenvalue weighted by molar-refractivity contribution is -0.123. The van der Waals surface area contributed by atoms with E-state index in [2.05, 4.69) is 21.6 Å². The Labute approximate surface area is 230 Å². The Morgan fingerprint density at radius 3 is 2.68 bits per heavy atom. The van der Waals surface area contributed by atoms with Gasteiger partial charge in [0.1, 0.15) is 5.75 Å². The number of anilines is 1. The van der Waals surface area contributed by atoms with Gasteiger partial charge in [-0.2, -0.15) is 0 Å². The number of ether oxygens (including phenoxy) is 1. The summed E-state index contributed by atoms with van der Waals surface area (Å²) in [4.78, 5) is 27.4. The summed E-state index contributed by atoms with van der Waals surface area (Å²) in [5.74, 6) is 1.05. The lowest BCUT2D eigenvalue weighted by Crippen LogP contribution is -2.30. The quantitative estimate of drug-likeness (QED) is 0.308. The molecule has 2 amide bonds. The average Bonchev–Trinajstić information content (AvgIpc) is 3.54. The minimum atomic E-state index is -0.296. The summed E-state index contributed by atoms with van der Waals surface area (Å²) in [6.07, 6.45) is 0.859. The highest BCUT2D eigenvalue weighted by Crippen LogP contribution is 2.29. The fourth-order valence-electron chi connectivity index (χ4n) is 4.24. The van der Waals surface area contributed by atoms with Crippen LogP contribution >= 0.6 is 23.4 Å². The van der Waals surface area contributed by atoms with E-state index in [4.69, 9.17) is 16.3 Å². The molecule has 2 heterocycles. The topological polar surface area (TPSA) is 89.4 Å². The molecule has 1 aromatic heterocycles. The smallest absolute Gasteiger partial charge is 0.258 e. The summed E-state index contributed by atoms with van der Waals surface area (Å²) >= 11 is 7.22. The van der Waals surface area contributed by atoms with Crippen LogP contribution in [0.25, 0.3) is 5.69 Å². The first-order chi connectivity index (χ1) is 18.5. The molecule has 0 aliphatic carbocycles. The summed E-state index contributed by atoms with van der Waals surface area (Å²) in [5, 5.41) is 12.7. The summed E-state index contributed by atoms with van der Waals surface area (Å²) < 4.78 is 7.40. The molecule has 38 heavy (non-hydrogen) atoms. The van der Waals surface area contributed by atoms with Crippen molar-refractivity contribution in [2.24, 2.45) is 0 Å². The van der Waals surface area contributed by atoms with Crippen molar-refractivity contribution in [1.29, 1.82) is 0 Å². The molecule has 1 aliphatic rings. The van der Waals surface area contributed by atoms with E-state index >= 15 is 0 Å². The van der Waals surface area contributed by atoms with Gasteiger partial charge in [-0.05, 0) is 66.9 Å². The maximum Gasteiger partial charge on any atom is 0.258 e. The molecular weight excluding hydrogens is 522 g/mol. The van der Waals surface area contributed by atoms with Gasteiger partial charge in [-0.25, -0.2) is 0 Å². The van der Waals surface area contributed by atoms with Gasteiger partial charge in [-0.1, -0.05) is 53.7 Å². The van der Waals surface area contributed by atoms with E-state index in [0.717, 1.165) is 23.4 Å². The number of aromatic nitrogens is 3. The van der Waals surface area contributed by atoms with Crippen molar-refractivity contribution in [3.05, 3.63) is 94.8 Å².